The summed E-state index contributed by atoms with van der Waals surface area (Å²) in [7, 11) is 1.88. The first-order valence-corrected chi connectivity index (χ1v) is 8.63. The maximum absolute atomic E-state index is 12.3. The highest BCUT2D eigenvalue weighted by atomic mass is 16.5. The van der Waals surface area contributed by atoms with Gasteiger partial charge in [-0.25, -0.2) is 0 Å². The Kier molecular flexibility index (Phi) is 6.63. The van der Waals surface area contributed by atoms with E-state index in [2.05, 4.69) is 0 Å². The molecule has 0 atom stereocenters. The Balaban J connectivity index is 1.84. The minimum atomic E-state index is 0.0191. The van der Waals surface area contributed by atoms with Crippen molar-refractivity contribution in [1.82, 2.24) is 4.90 Å². The lowest BCUT2D eigenvalue weighted by molar-refractivity contribution is -0.134. The Morgan fingerprint density at radius 1 is 1.09 bits per heavy atom. The smallest absolute Gasteiger partial charge is 0.260 e. The van der Waals surface area contributed by atoms with E-state index in [0.717, 1.165) is 12.8 Å². The van der Waals surface area contributed by atoms with Crippen LogP contribution in [-0.2, 0) is 4.79 Å². The van der Waals surface area contributed by atoms with Gasteiger partial charge in [0.15, 0.2) is 12.4 Å². The third-order valence-corrected chi connectivity index (χ3v) is 4.63. The minimum absolute atomic E-state index is 0.0191. The summed E-state index contributed by atoms with van der Waals surface area (Å²) < 4.78 is 5.58. The Labute approximate surface area is 138 Å². The van der Waals surface area contributed by atoms with Crippen LogP contribution >= 0.6 is 0 Å². The first-order valence-electron chi connectivity index (χ1n) is 8.63. The van der Waals surface area contributed by atoms with Crippen molar-refractivity contribution in [2.45, 2.75) is 57.9 Å². The molecule has 0 unspecified atom stereocenters. The average molecular weight is 317 g/mol. The van der Waals surface area contributed by atoms with Gasteiger partial charge in [0.1, 0.15) is 5.75 Å². The van der Waals surface area contributed by atoms with Gasteiger partial charge in [-0.05, 0) is 37.1 Å². The summed E-state index contributed by atoms with van der Waals surface area (Å²) in [4.78, 5) is 25.7. The van der Waals surface area contributed by atoms with Gasteiger partial charge < -0.3 is 9.64 Å². The van der Waals surface area contributed by atoms with E-state index in [0.29, 0.717) is 23.8 Å². The summed E-state index contributed by atoms with van der Waals surface area (Å²) in [6, 6.07) is 7.35. The molecule has 0 heterocycles. The molecule has 0 spiro atoms. The van der Waals surface area contributed by atoms with Gasteiger partial charge in [-0.2, -0.15) is 0 Å². The lowest BCUT2D eigenvalue weighted by Crippen LogP contribution is -2.39. The zero-order valence-electron chi connectivity index (χ0n) is 14.2. The number of Topliss-reactive ketones (excluding diaryl/α,β-unsaturated/α-hetero) is 1. The second kappa shape index (κ2) is 8.70. The van der Waals surface area contributed by atoms with Gasteiger partial charge in [0.25, 0.3) is 5.91 Å². The number of ether oxygens (including phenoxy) is 1. The molecule has 0 aromatic heterocycles. The van der Waals surface area contributed by atoms with E-state index in [1.807, 2.05) is 18.9 Å². The monoisotopic (exact) mass is 317 g/mol. The molecule has 0 bridgehead atoms. The number of amides is 1. The van der Waals surface area contributed by atoms with Crippen LogP contribution in [0.3, 0.4) is 0 Å². The highest BCUT2D eigenvalue weighted by molar-refractivity contribution is 5.95. The van der Waals surface area contributed by atoms with E-state index in [1.54, 1.807) is 24.3 Å². The molecular weight excluding hydrogens is 290 g/mol. The minimum Gasteiger partial charge on any atom is -0.484 e. The molecule has 0 N–H and O–H groups in total. The number of hydrogen-bond acceptors (Lipinski definition) is 3. The number of carbonyl (C=O) groups excluding carboxylic acids is 2. The number of nitrogens with zero attached hydrogens (tertiary/aromatic N) is 1. The van der Waals surface area contributed by atoms with E-state index in [9.17, 15) is 9.59 Å². The lowest BCUT2D eigenvalue weighted by atomic mass is 10.1. The van der Waals surface area contributed by atoms with E-state index in [4.69, 9.17) is 4.74 Å². The van der Waals surface area contributed by atoms with Gasteiger partial charge >= 0.3 is 0 Å². The molecule has 2 rings (SSSR count). The summed E-state index contributed by atoms with van der Waals surface area (Å²) >= 11 is 0. The number of hydrogen-bond donors (Lipinski definition) is 0. The van der Waals surface area contributed by atoms with Crippen molar-refractivity contribution in [3.63, 3.8) is 0 Å². The van der Waals surface area contributed by atoms with Crippen molar-refractivity contribution in [3.05, 3.63) is 29.8 Å². The molecule has 1 fully saturated rings. The highest BCUT2D eigenvalue weighted by Gasteiger charge is 2.21. The van der Waals surface area contributed by atoms with Crippen molar-refractivity contribution >= 4 is 11.7 Å². The third-order valence-electron chi connectivity index (χ3n) is 4.63. The number of rotatable bonds is 6. The van der Waals surface area contributed by atoms with Gasteiger partial charge in [0.2, 0.25) is 0 Å². The zero-order valence-corrected chi connectivity index (χ0v) is 14.2. The van der Waals surface area contributed by atoms with Gasteiger partial charge in [-0.1, -0.05) is 32.6 Å². The molecular formula is C19H27NO3. The standard InChI is InChI=1S/C19H27NO3/c1-3-18(21)15-10-12-17(13-11-15)23-14-19(22)20(2)16-8-6-4-5-7-9-16/h10-13,16H,3-9,14H2,1-2H3. The van der Waals surface area contributed by atoms with Crippen LogP contribution in [0.1, 0.15) is 62.2 Å². The SMILES string of the molecule is CCC(=O)c1ccc(OCC(=O)N(C)C2CCCCCC2)cc1. The quantitative estimate of drug-likeness (QED) is 0.591. The summed E-state index contributed by atoms with van der Waals surface area (Å²) in [5.74, 6) is 0.756. The Morgan fingerprint density at radius 3 is 2.26 bits per heavy atom. The van der Waals surface area contributed by atoms with E-state index in [-0.39, 0.29) is 18.3 Å². The molecule has 1 aromatic rings. The van der Waals surface area contributed by atoms with Gasteiger partial charge in [-0.15, -0.1) is 0 Å². The number of benzene rings is 1. The van der Waals surface area contributed by atoms with Gasteiger partial charge in [0, 0.05) is 25.1 Å². The summed E-state index contributed by atoms with van der Waals surface area (Å²) in [5, 5.41) is 0. The average Bonchev–Trinajstić information content (AvgIpc) is 2.88. The Hall–Kier alpha value is -1.84. The topological polar surface area (TPSA) is 46.6 Å². The first kappa shape index (κ1) is 17.5. The predicted octanol–water partition coefficient (Wildman–Crippen LogP) is 3.84. The second-order valence-corrected chi connectivity index (χ2v) is 6.24. The summed E-state index contributed by atoms with van der Waals surface area (Å²) in [5.41, 5.74) is 0.682. The molecule has 0 aliphatic heterocycles. The lowest BCUT2D eigenvalue weighted by Gasteiger charge is -2.27. The fraction of sp³-hybridized carbons (Fsp3) is 0.579. The molecule has 1 saturated carbocycles. The van der Waals surface area contributed by atoms with Gasteiger partial charge in [-0.3, -0.25) is 9.59 Å². The number of carbonyl (C=O) groups is 2. The number of ketones is 1. The fourth-order valence-electron chi connectivity index (χ4n) is 3.04. The Morgan fingerprint density at radius 2 is 1.70 bits per heavy atom. The maximum Gasteiger partial charge on any atom is 0.260 e. The molecule has 1 aromatic carbocycles. The molecule has 0 saturated heterocycles. The molecule has 1 amide bonds. The van der Waals surface area contributed by atoms with Crippen LogP contribution < -0.4 is 4.74 Å². The number of likely N-dealkylation sites (N-methyl/N-ethyl adjacent to an activating group) is 1. The molecule has 1 aliphatic carbocycles. The van der Waals surface area contributed by atoms with Crippen LogP contribution in [-0.4, -0.2) is 36.3 Å². The molecule has 23 heavy (non-hydrogen) atoms. The first-order chi connectivity index (χ1) is 11.1. The van der Waals surface area contributed by atoms with Crippen LogP contribution in [0.25, 0.3) is 0 Å². The Bertz CT molecular complexity index is 516. The van der Waals surface area contributed by atoms with Gasteiger partial charge in [0.05, 0.1) is 0 Å². The summed E-state index contributed by atoms with van der Waals surface area (Å²) in [6.07, 6.45) is 7.64. The molecule has 4 heteroatoms. The molecule has 0 radical (unpaired) electrons. The predicted molar refractivity (Wildman–Crippen MR) is 90.8 cm³/mol. The van der Waals surface area contributed by atoms with E-state index < -0.39 is 0 Å². The van der Waals surface area contributed by atoms with Crippen LogP contribution in [0.4, 0.5) is 0 Å². The van der Waals surface area contributed by atoms with Crippen LogP contribution in [0.15, 0.2) is 24.3 Å². The van der Waals surface area contributed by atoms with Crippen LogP contribution in [0, 0.1) is 0 Å². The zero-order chi connectivity index (χ0) is 16.7. The van der Waals surface area contributed by atoms with E-state index in [1.165, 1.54) is 25.7 Å². The highest BCUT2D eigenvalue weighted by Crippen LogP contribution is 2.21. The fourth-order valence-corrected chi connectivity index (χ4v) is 3.04. The summed E-state index contributed by atoms with van der Waals surface area (Å²) in [6.45, 7) is 1.89. The second-order valence-electron chi connectivity index (χ2n) is 6.24. The molecule has 4 nitrogen and oxygen atoms in total. The maximum atomic E-state index is 12.3. The van der Waals surface area contributed by atoms with Crippen molar-refractivity contribution < 1.29 is 14.3 Å². The van der Waals surface area contributed by atoms with Crippen LogP contribution in [0.5, 0.6) is 5.75 Å². The molecule has 126 valence electrons. The van der Waals surface area contributed by atoms with Crippen molar-refractivity contribution in [1.29, 1.82) is 0 Å². The van der Waals surface area contributed by atoms with E-state index >= 15 is 0 Å². The van der Waals surface area contributed by atoms with Crippen molar-refractivity contribution in [2.24, 2.45) is 0 Å². The van der Waals surface area contributed by atoms with Crippen molar-refractivity contribution in [3.8, 4) is 5.75 Å². The van der Waals surface area contributed by atoms with Crippen molar-refractivity contribution in [2.75, 3.05) is 13.7 Å². The largest absolute Gasteiger partial charge is 0.484 e. The third kappa shape index (κ3) is 5.08. The van der Waals surface area contributed by atoms with Crippen LogP contribution in [0.2, 0.25) is 0 Å². The molecule has 1 aliphatic rings. The normalized spacial score (nSPS) is 15.7.